The molecular weight excluding hydrogens is 196 g/mol. The normalized spacial score (nSPS) is 10.4. The van der Waals surface area contributed by atoms with Gasteiger partial charge < -0.3 is 0 Å². The zero-order valence-corrected chi connectivity index (χ0v) is 8.81. The number of aromatic nitrogens is 2. The van der Waals surface area contributed by atoms with Crippen molar-refractivity contribution in [2.45, 2.75) is 17.7 Å². The van der Waals surface area contributed by atoms with Crippen molar-refractivity contribution in [1.29, 1.82) is 0 Å². The smallest absolute Gasteiger partial charge is 0.174 e. The van der Waals surface area contributed by atoms with Gasteiger partial charge in [-0.25, -0.2) is 0 Å². The van der Waals surface area contributed by atoms with E-state index < -0.39 is 0 Å². The predicted octanol–water partition coefficient (Wildman–Crippen LogP) is 2.26. The third kappa shape index (κ3) is 3.44. The Morgan fingerprint density at radius 1 is 1.55 bits per heavy atom. The van der Waals surface area contributed by atoms with Crippen LogP contribution in [0.3, 0.4) is 0 Å². The van der Waals surface area contributed by atoms with E-state index in [9.17, 15) is 0 Å². The molecule has 0 radical (unpaired) electrons. The highest BCUT2D eigenvalue weighted by Crippen LogP contribution is 2.22. The Kier molecular flexibility index (Phi) is 4.25. The van der Waals surface area contributed by atoms with E-state index in [-0.39, 0.29) is 0 Å². The van der Waals surface area contributed by atoms with Gasteiger partial charge in [-0.1, -0.05) is 23.1 Å². The van der Waals surface area contributed by atoms with Gasteiger partial charge in [0.05, 0.1) is 0 Å². The molecule has 0 aliphatic carbocycles. The lowest BCUT2D eigenvalue weighted by Gasteiger charge is -1.91. The number of aryl methyl sites for hydroxylation is 1. The molecule has 0 fully saturated rings. The van der Waals surface area contributed by atoms with Crippen molar-refractivity contribution in [2.24, 2.45) is 0 Å². The average molecular weight is 206 g/mol. The average Bonchev–Trinajstić information content (AvgIpc) is 2.37. The van der Waals surface area contributed by atoms with Crippen LogP contribution in [-0.2, 0) is 0 Å². The minimum Gasteiger partial charge on any atom is -0.179 e. The van der Waals surface area contributed by atoms with Crippen LogP contribution in [0, 0.1) is 6.92 Å². The highest BCUT2D eigenvalue weighted by Gasteiger charge is 1.99. The fraction of sp³-hybridized carbons (Fsp3) is 0.667. The Hall–Kier alpha value is 0.260. The number of rotatable bonds is 4. The summed E-state index contributed by atoms with van der Waals surface area (Å²) in [5, 5.41) is 8.96. The third-order valence-electron chi connectivity index (χ3n) is 1.04. The van der Waals surface area contributed by atoms with Gasteiger partial charge in [0.25, 0.3) is 0 Å². The Labute approximate surface area is 80.2 Å². The maximum Gasteiger partial charge on any atom is 0.174 e. The second-order valence-electron chi connectivity index (χ2n) is 2.01. The summed E-state index contributed by atoms with van der Waals surface area (Å²) in [5.74, 6) is 2.04. The van der Waals surface area contributed by atoms with Gasteiger partial charge in [0, 0.05) is 5.75 Å². The number of thioether (sulfide) groups is 1. The Morgan fingerprint density at radius 3 is 2.91 bits per heavy atom. The molecule has 0 atom stereocenters. The standard InChI is InChI=1S/C6H10N2S3/c1-5-7-8-6(11-5)10-4-2-3-9/h9H,2-4H2,1H3. The first-order valence-corrected chi connectivity index (χ1v) is 5.80. The fourth-order valence-corrected chi connectivity index (χ4v) is 2.76. The van der Waals surface area contributed by atoms with Gasteiger partial charge in [0.1, 0.15) is 5.01 Å². The molecule has 0 unspecified atom stereocenters. The molecule has 0 saturated heterocycles. The summed E-state index contributed by atoms with van der Waals surface area (Å²) in [5.41, 5.74) is 0. The molecule has 0 aromatic carbocycles. The lowest BCUT2D eigenvalue weighted by molar-refractivity contribution is 0.981. The Balaban J connectivity index is 2.27. The molecule has 5 heteroatoms. The second kappa shape index (κ2) is 5.00. The lowest BCUT2D eigenvalue weighted by Crippen LogP contribution is -1.79. The molecule has 1 heterocycles. The highest BCUT2D eigenvalue weighted by atomic mass is 32.2. The van der Waals surface area contributed by atoms with E-state index in [1.54, 1.807) is 23.1 Å². The van der Waals surface area contributed by atoms with Gasteiger partial charge in [-0.3, -0.25) is 0 Å². The van der Waals surface area contributed by atoms with Gasteiger partial charge in [0.2, 0.25) is 0 Å². The molecule has 1 aromatic heterocycles. The first-order valence-electron chi connectivity index (χ1n) is 3.36. The van der Waals surface area contributed by atoms with Crippen LogP contribution in [0.15, 0.2) is 4.34 Å². The van der Waals surface area contributed by atoms with Gasteiger partial charge in [-0.2, -0.15) is 12.6 Å². The van der Waals surface area contributed by atoms with Gasteiger partial charge in [-0.05, 0) is 19.1 Å². The molecule has 0 aliphatic heterocycles. The van der Waals surface area contributed by atoms with Crippen LogP contribution in [0.4, 0.5) is 0 Å². The van der Waals surface area contributed by atoms with Crippen molar-refractivity contribution >= 4 is 35.7 Å². The van der Waals surface area contributed by atoms with Crippen molar-refractivity contribution < 1.29 is 0 Å². The van der Waals surface area contributed by atoms with E-state index in [4.69, 9.17) is 0 Å². The minimum atomic E-state index is 0.949. The number of thiol groups is 1. The summed E-state index contributed by atoms with van der Waals surface area (Å²) in [6.45, 7) is 1.97. The summed E-state index contributed by atoms with van der Waals surface area (Å²) in [6.07, 6.45) is 1.13. The molecule has 0 amide bonds. The van der Waals surface area contributed by atoms with Crippen molar-refractivity contribution in [2.75, 3.05) is 11.5 Å². The van der Waals surface area contributed by atoms with Crippen LogP contribution in [0.25, 0.3) is 0 Å². The highest BCUT2D eigenvalue weighted by molar-refractivity contribution is 8.01. The molecule has 0 spiro atoms. The number of nitrogens with zero attached hydrogens (tertiary/aromatic N) is 2. The molecule has 0 aliphatic rings. The summed E-state index contributed by atoms with van der Waals surface area (Å²) in [4.78, 5) is 0. The first kappa shape index (κ1) is 9.35. The molecule has 62 valence electrons. The van der Waals surface area contributed by atoms with E-state index >= 15 is 0 Å². The van der Waals surface area contributed by atoms with Crippen LogP contribution in [0.2, 0.25) is 0 Å². The fourth-order valence-electron chi connectivity index (χ4n) is 0.561. The van der Waals surface area contributed by atoms with Crippen molar-refractivity contribution in [3.05, 3.63) is 5.01 Å². The summed E-state index contributed by atoms with van der Waals surface area (Å²) in [6, 6.07) is 0. The first-order chi connectivity index (χ1) is 5.33. The number of hydrogen-bond donors (Lipinski definition) is 1. The van der Waals surface area contributed by atoms with Crippen molar-refractivity contribution in [3.63, 3.8) is 0 Å². The SMILES string of the molecule is Cc1nnc(SCCCS)s1. The molecule has 0 saturated carbocycles. The third-order valence-corrected chi connectivity index (χ3v) is 3.41. The maximum absolute atomic E-state index is 4.13. The van der Waals surface area contributed by atoms with Gasteiger partial charge in [0.15, 0.2) is 4.34 Å². The van der Waals surface area contributed by atoms with E-state index in [2.05, 4.69) is 22.8 Å². The molecule has 1 rings (SSSR count). The van der Waals surface area contributed by atoms with Crippen LogP contribution in [-0.4, -0.2) is 21.7 Å². The van der Waals surface area contributed by atoms with Crippen LogP contribution in [0.5, 0.6) is 0 Å². The minimum absolute atomic E-state index is 0.949. The zero-order valence-electron chi connectivity index (χ0n) is 6.28. The second-order valence-corrected chi connectivity index (χ2v) is 4.98. The van der Waals surface area contributed by atoms with Crippen LogP contribution >= 0.6 is 35.7 Å². The molecule has 11 heavy (non-hydrogen) atoms. The van der Waals surface area contributed by atoms with E-state index in [1.807, 2.05) is 6.92 Å². The van der Waals surface area contributed by atoms with Crippen molar-refractivity contribution in [3.8, 4) is 0 Å². The monoisotopic (exact) mass is 206 g/mol. The van der Waals surface area contributed by atoms with E-state index in [1.165, 1.54) is 0 Å². The largest absolute Gasteiger partial charge is 0.179 e. The maximum atomic E-state index is 4.13. The van der Waals surface area contributed by atoms with Gasteiger partial charge >= 0.3 is 0 Å². The molecule has 0 N–H and O–H groups in total. The topological polar surface area (TPSA) is 25.8 Å². The molecular formula is C6H10N2S3. The van der Waals surface area contributed by atoms with Gasteiger partial charge in [-0.15, -0.1) is 10.2 Å². The Morgan fingerprint density at radius 2 is 2.36 bits per heavy atom. The predicted molar refractivity (Wildman–Crippen MR) is 53.8 cm³/mol. The Bertz CT molecular complexity index is 211. The quantitative estimate of drug-likeness (QED) is 0.465. The summed E-state index contributed by atoms with van der Waals surface area (Å²) < 4.78 is 1.07. The zero-order chi connectivity index (χ0) is 8.10. The molecule has 1 aromatic rings. The molecule has 2 nitrogen and oxygen atoms in total. The summed E-state index contributed by atoms with van der Waals surface area (Å²) >= 11 is 7.54. The van der Waals surface area contributed by atoms with E-state index in [0.29, 0.717) is 0 Å². The van der Waals surface area contributed by atoms with Crippen molar-refractivity contribution in [1.82, 2.24) is 10.2 Å². The summed E-state index contributed by atoms with van der Waals surface area (Å²) in [7, 11) is 0. The number of hydrogen-bond acceptors (Lipinski definition) is 5. The van der Waals surface area contributed by atoms with E-state index in [0.717, 1.165) is 27.3 Å². The molecule has 0 bridgehead atoms. The van der Waals surface area contributed by atoms with Crippen LogP contribution < -0.4 is 0 Å². The van der Waals surface area contributed by atoms with Crippen LogP contribution in [0.1, 0.15) is 11.4 Å². The lowest BCUT2D eigenvalue weighted by atomic mass is 10.6.